The number of fused-ring (bicyclic) bond motifs is 1. The van der Waals surface area contributed by atoms with E-state index in [-0.39, 0.29) is 35.1 Å². The van der Waals surface area contributed by atoms with Crippen molar-refractivity contribution < 1.29 is 17.6 Å². The number of hydrogen-bond donors (Lipinski definition) is 1. The number of benzene rings is 2. The maximum atomic E-state index is 12.4. The number of nitrogens with zero attached hydrogens (tertiary/aromatic N) is 2. The third kappa shape index (κ3) is 5.02. The molecule has 2 heterocycles. The summed E-state index contributed by atoms with van der Waals surface area (Å²) < 4.78 is 28.7. The maximum absolute atomic E-state index is 12.4. The van der Waals surface area contributed by atoms with Gasteiger partial charge in [-0.05, 0) is 35.6 Å². The largest absolute Gasteiger partial charge is 0.416 e. The highest BCUT2D eigenvalue weighted by molar-refractivity contribution is 7.99. The van der Waals surface area contributed by atoms with Crippen molar-refractivity contribution >= 4 is 38.3 Å². The molecule has 1 amide bonds. The molecule has 1 aliphatic heterocycles. The Kier molecular flexibility index (Phi) is 6.10. The highest BCUT2D eigenvalue weighted by Gasteiger charge is 2.29. The molecule has 1 fully saturated rings. The number of sulfone groups is 1. The van der Waals surface area contributed by atoms with Crippen LogP contribution in [0.1, 0.15) is 30.8 Å². The molecule has 0 unspecified atom stereocenters. The second-order valence-corrected chi connectivity index (χ2v) is 10.7. The van der Waals surface area contributed by atoms with Crippen molar-refractivity contribution in [1.29, 1.82) is 0 Å². The summed E-state index contributed by atoms with van der Waals surface area (Å²) in [6, 6.07) is 14.0. The first-order chi connectivity index (χ1) is 14.4. The van der Waals surface area contributed by atoms with Gasteiger partial charge in [-0.1, -0.05) is 54.2 Å². The van der Waals surface area contributed by atoms with E-state index >= 15 is 0 Å². The van der Waals surface area contributed by atoms with Crippen LogP contribution in [0.5, 0.6) is 0 Å². The molecule has 2 atom stereocenters. The molecule has 3 aromatic rings. The van der Waals surface area contributed by atoms with Gasteiger partial charge in [-0.15, -0.1) is 10.2 Å². The average Bonchev–Trinajstić information content (AvgIpc) is 3.31. The van der Waals surface area contributed by atoms with Gasteiger partial charge < -0.3 is 9.73 Å². The van der Waals surface area contributed by atoms with E-state index in [4.69, 9.17) is 4.42 Å². The molecule has 2 aromatic carbocycles. The van der Waals surface area contributed by atoms with Crippen LogP contribution < -0.4 is 5.32 Å². The second-order valence-electron chi connectivity index (χ2n) is 7.58. The SMILES string of the molecule is C[C@H](NC(=O)CSc1nnc(C[C@@H]2CCS(=O)(=O)C2)o1)c1cccc2ccccc12. The molecule has 30 heavy (non-hydrogen) atoms. The third-order valence-electron chi connectivity index (χ3n) is 5.23. The lowest BCUT2D eigenvalue weighted by molar-refractivity contribution is -0.119. The van der Waals surface area contributed by atoms with Gasteiger partial charge >= 0.3 is 0 Å². The first kappa shape index (κ1) is 20.9. The minimum absolute atomic E-state index is 0.0261. The quantitative estimate of drug-likeness (QED) is 0.557. The van der Waals surface area contributed by atoms with Gasteiger partial charge in [0.1, 0.15) is 0 Å². The van der Waals surface area contributed by atoms with Crippen LogP contribution in [0.2, 0.25) is 0 Å². The zero-order valence-electron chi connectivity index (χ0n) is 16.6. The molecule has 4 rings (SSSR count). The summed E-state index contributed by atoms with van der Waals surface area (Å²) in [6.07, 6.45) is 1.08. The predicted octanol–water partition coefficient (Wildman–Crippen LogP) is 3.17. The smallest absolute Gasteiger partial charge is 0.277 e. The summed E-state index contributed by atoms with van der Waals surface area (Å²) >= 11 is 1.18. The standard InChI is InChI=1S/C21H23N3O4S2/c1-14(17-8-4-6-16-5-2-3-7-18(16)17)22-19(25)12-29-21-24-23-20(28-21)11-15-9-10-30(26,27)13-15/h2-8,14-15H,9-13H2,1H3,(H,22,25)/t14-,15-/m0/s1. The van der Waals surface area contributed by atoms with Gasteiger partial charge in [-0.25, -0.2) is 8.42 Å². The third-order valence-corrected chi connectivity index (χ3v) is 7.89. The molecule has 0 radical (unpaired) electrons. The lowest BCUT2D eigenvalue weighted by Gasteiger charge is -2.16. The van der Waals surface area contributed by atoms with Crippen LogP contribution >= 0.6 is 11.8 Å². The predicted molar refractivity (Wildman–Crippen MR) is 116 cm³/mol. The number of nitrogens with one attached hydrogen (secondary N) is 1. The van der Waals surface area contributed by atoms with E-state index in [2.05, 4.69) is 33.7 Å². The molecule has 0 aliphatic carbocycles. The van der Waals surface area contributed by atoms with Crippen LogP contribution in [0.4, 0.5) is 0 Å². The first-order valence-corrected chi connectivity index (χ1v) is 12.6. The Balaban J connectivity index is 1.30. The fraction of sp³-hybridized carbons (Fsp3) is 0.381. The monoisotopic (exact) mass is 445 g/mol. The fourth-order valence-corrected chi connectivity index (χ4v) is 6.23. The van der Waals surface area contributed by atoms with E-state index in [1.165, 1.54) is 11.8 Å². The number of aromatic nitrogens is 2. The van der Waals surface area contributed by atoms with Crippen LogP contribution in [0.15, 0.2) is 52.1 Å². The van der Waals surface area contributed by atoms with Crippen molar-refractivity contribution in [3.8, 4) is 0 Å². The topological polar surface area (TPSA) is 102 Å². The van der Waals surface area contributed by atoms with E-state index in [1.54, 1.807) is 0 Å². The Morgan fingerprint density at radius 2 is 2.03 bits per heavy atom. The number of rotatable bonds is 7. The van der Waals surface area contributed by atoms with Gasteiger partial charge in [0.25, 0.3) is 5.22 Å². The summed E-state index contributed by atoms with van der Waals surface area (Å²) in [6.45, 7) is 1.96. The van der Waals surface area contributed by atoms with E-state index in [1.807, 2.05) is 31.2 Å². The Hall–Kier alpha value is -2.39. The molecule has 0 saturated carbocycles. The normalized spacial score (nSPS) is 19.0. The first-order valence-electron chi connectivity index (χ1n) is 9.82. The molecular weight excluding hydrogens is 422 g/mol. The minimum atomic E-state index is -2.93. The lowest BCUT2D eigenvalue weighted by Crippen LogP contribution is -2.28. The molecule has 1 saturated heterocycles. The molecular formula is C21H23N3O4S2. The molecule has 1 aliphatic rings. The van der Waals surface area contributed by atoms with Crippen molar-refractivity contribution in [2.24, 2.45) is 5.92 Å². The van der Waals surface area contributed by atoms with Crippen molar-refractivity contribution in [2.75, 3.05) is 17.3 Å². The minimum Gasteiger partial charge on any atom is -0.416 e. The van der Waals surface area contributed by atoms with E-state index in [0.717, 1.165) is 16.3 Å². The zero-order valence-corrected chi connectivity index (χ0v) is 18.2. The molecule has 7 nitrogen and oxygen atoms in total. The van der Waals surface area contributed by atoms with Gasteiger partial charge in [0.15, 0.2) is 9.84 Å². The van der Waals surface area contributed by atoms with Gasteiger partial charge in [-0.2, -0.15) is 0 Å². The van der Waals surface area contributed by atoms with Crippen LogP contribution in [0, 0.1) is 5.92 Å². The molecule has 9 heteroatoms. The molecule has 158 valence electrons. The number of carbonyl (C=O) groups is 1. The number of hydrogen-bond acceptors (Lipinski definition) is 7. The summed E-state index contributed by atoms with van der Waals surface area (Å²) in [5.74, 6) is 0.882. The molecule has 0 bridgehead atoms. The Morgan fingerprint density at radius 3 is 2.83 bits per heavy atom. The van der Waals surface area contributed by atoms with Gasteiger partial charge in [-0.3, -0.25) is 4.79 Å². The van der Waals surface area contributed by atoms with Crippen LogP contribution in [0.25, 0.3) is 10.8 Å². The number of amides is 1. The highest BCUT2D eigenvalue weighted by Crippen LogP contribution is 2.25. The van der Waals surface area contributed by atoms with Gasteiger partial charge in [0.2, 0.25) is 11.8 Å². The van der Waals surface area contributed by atoms with Gasteiger partial charge in [0, 0.05) is 6.42 Å². The maximum Gasteiger partial charge on any atom is 0.277 e. The Morgan fingerprint density at radius 1 is 1.23 bits per heavy atom. The molecule has 1 aromatic heterocycles. The molecule has 0 spiro atoms. The Bertz CT molecular complexity index is 1150. The van der Waals surface area contributed by atoms with Crippen LogP contribution in [0.3, 0.4) is 0 Å². The van der Waals surface area contributed by atoms with Crippen molar-refractivity contribution in [3.05, 3.63) is 53.9 Å². The summed E-state index contributed by atoms with van der Waals surface area (Å²) in [4.78, 5) is 12.4. The average molecular weight is 446 g/mol. The van der Waals surface area contributed by atoms with Crippen molar-refractivity contribution in [2.45, 2.75) is 31.0 Å². The van der Waals surface area contributed by atoms with Crippen molar-refractivity contribution in [1.82, 2.24) is 15.5 Å². The van der Waals surface area contributed by atoms with E-state index in [0.29, 0.717) is 24.0 Å². The molecule has 1 N–H and O–H groups in total. The number of carbonyl (C=O) groups excluding carboxylic acids is 1. The number of thioether (sulfide) groups is 1. The summed E-state index contributed by atoms with van der Waals surface area (Å²) in [5.41, 5.74) is 1.07. The van der Waals surface area contributed by atoms with Crippen LogP contribution in [-0.2, 0) is 21.1 Å². The highest BCUT2D eigenvalue weighted by atomic mass is 32.2. The lowest BCUT2D eigenvalue weighted by atomic mass is 10.00. The second kappa shape index (κ2) is 8.77. The van der Waals surface area contributed by atoms with E-state index < -0.39 is 9.84 Å². The zero-order chi connectivity index (χ0) is 21.1. The summed E-state index contributed by atoms with van der Waals surface area (Å²) in [7, 11) is -2.93. The van der Waals surface area contributed by atoms with Crippen molar-refractivity contribution in [3.63, 3.8) is 0 Å². The van der Waals surface area contributed by atoms with E-state index in [9.17, 15) is 13.2 Å². The summed E-state index contributed by atoms with van der Waals surface area (Å²) in [5, 5.41) is 13.5. The van der Waals surface area contributed by atoms with Crippen LogP contribution in [-0.4, -0.2) is 41.8 Å². The van der Waals surface area contributed by atoms with Gasteiger partial charge in [0.05, 0.1) is 23.3 Å². The fourth-order valence-electron chi connectivity index (χ4n) is 3.78. The Labute approximate surface area is 179 Å².